The van der Waals surface area contributed by atoms with Gasteiger partial charge in [-0.1, -0.05) is 0 Å². The zero-order chi connectivity index (χ0) is 14.1. The molecule has 1 aliphatic heterocycles. The number of carbonyl (C=O) groups excluding carboxylic acids is 1. The number of hydrogen-bond donors (Lipinski definition) is 2. The summed E-state index contributed by atoms with van der Waals surface area (Å²) in [5.41, 5.74) is 2.78. The van der Waals surface area contributed by atoms with Crippen LogP contribution in [0.5, 0.6) is 0 Å². The lowest BCUT2D eigenvalue weighted by Crippen LogP contribution is -2.38. The maximum Gasteiger partial charge on any atom is 0.242 e. The summed E-state index contributed by atoms with van der Waals surface area (Å²) in [6.45, 7) is 4.74. The Kier molecular flexibility index (Phi) is 3.30. The number of fused-ring (bicyclic) bond motifs is 1. The molecule has 1 fully saturated rings. The Morgan fingerprint density at radius 1 is 1.40 bits per heavy atom. The molecule has 0 aromatic carbocycles. The number of rotatable bonds is 2. The number of anilines is 1. The summed E-state index contributed by atoms with van der Waals surface area (Å²) in [6, 6.07) is 1.66. The van der Waals surface area contributed by atoms with Gasteiger partial charge in [0.05, 0.1) is 6.20 Å². The fourth-order valence-electron chi connectivity index (χ4n) is 2.55. The molecule has 0 radical (unpaired) electrons. The van der Waals surface area contributed by atoms with Gasteiger partial charge in [0.15, 0.2) is 5.65 Å². The van der Waals surface area contributed by atoms with E-state index in [1.165, 1.54) is 0 Å². The van der Waals surface area contributed by atoms with Crippen molar-refractivity contribution < 1.29 is 4.79 Å². The topological polar surface area (TPSA) is 71.3 Å². The summed E-state index contributed by atoms with van der Waals surface area (Å²) >= 11 is 0. The van der Waals surface area contributed by atoms with Crippen molar-refractivity contribution in [3.05, 3.63) is 23.5 Å². The number of amides is 1. The summed E-state index contributed by atoms with van der Waals surface area (Å²) < 4.78 is 1.76. The molecule has 2 aromatic rings. The molecule has 20 heavy (non-hydrogen) atoms. The van der Waals surface area contributed by atoms with Crippen molar-refractivity contribution in [3.8, 4) is 0 Å². The standard InChI is InChI=1S/C14H19N5O/c1-9-10(2)17-12-6-8-16-19(12)13(9)18-11-5-3-4-7-15-14(11)20/h6,8,11,18H,3-5,7H2,1-2H3,(H,15,20). The molecule has 1 atom stereocenters. The molecule has 1 saturated heterocycles. The highest BCUT2D eigenvalue weighted by molar-refractivity contribution is 5.84. The van der Waals surface area contributed by atoms with E-state index in [0.717, 1.165) is 48.5 Å². The minimum Gasteiger partial charge on any atom is -0.358 e. The van der Waals surface area contributed by atoms with Crippen LogP contribution in [0.25, 0.3) is 5.65 Å². The molecular weight excluding hydrogens is 254 g/mol. The first-order valence-electron chi connectivity index (χ1n) is 7.02. The number of aromatic nitrogens is 3. The van der Waals surface area contributed by atoms with E-state index in [-0.39, 0.29) is 11.9 Å². The van der Waals surface area contributed by atoms with Crippen molar-refractivity contribution in [1.29, 1.82) is 0 Å². The molecule has 6 heteroatoms. The summed E-state index contributed by atoms with van der Waals surface area (Å²) in [6.07, 6.45) is 4.65. The van der Waals surface area contributed by atoms with Crippen LogP contribution in [0.1, 0.15) is 30.5 Å². The molecule has 1 amide bonds. The molecule has 0 saturated carbocycles. The van der Waals surface area contributed by atoms with E-state index in [9.17, 15) is 4.79 Å². The minimum absolute atomic E-state index is 0.0664. The normalized spacial score (nSPS) is 19.7. The molecule has 1 unspecified atom stereocenters. The van der Waals surface area contributed by atoms with Gasteiger partial charge in [-0.2, -0.15) is 9.61 Å². The van der Waals surface area contributed by atoms with Gasteiger partial charge in [-0.3, -0.25) is 4.79 Å². The molecule has 3 rings (SSSR count). The third-order valence-corrected chi connectivity index (χ3v) is 3.86. The van der Waals surface area contributed by atoms with Crippen molar-refractivity contribution in [2.75, 3.05) is 11.9 Å². The maximum absolute atomic E-state index is 12.1. The van der Waals surface area contributed by atoms with Crippen molar-refractivity contribution in [2.45, 2.75) is 39.2 Å². The Bertz CT molecular complexity index is 648. The van der Waals surface area contributed by atoms with Gasteiger partial charge >= 0.3 is 0 Å². The third-order valence-electron chi connectivity index (χ3n) is 3.86. The van der Waals surface area contributed by atoms with E-state index in [1.54, 1.807) is 10.7 Å². The maximum atomic E-state index is 12.1. The van der Waals surface area contributed by atoms with E-state index < -0.39 is 0 Å². The van der Waals surface area contributed by atoms with Gasteiger partial charge in [0, 0.05) is 23.9 Å². The highest BCUT2D eigenvalue weighted by Gasteiger charge is 2.22. The molecule has 0 bridgehead atoms. The van der Waals surface area contributed by atoms with Crippen LogP contribution in [0.15, 0.2) is 12.3 Å². The number of nitrogens with one attached hydrogen (secondary N) is 2. The largest absolute Gasteiger partial charge is 0.358 e. The minimum atomic E-state index is -0.203. The Balaban J connectivity index is 1.99. The second-order valence-electron chi connectivity index (χ2n) is 5.26. The van der Waals surface area contributed by atoms with Crippen LogP contribution in [0.3, 0.4) is 0 Å². The second-order valence-corrected chi connectivity index (χ2v) is 5.26. The van der Waals surface area contributed by atoms with Gasteiger partial charge in [0.1, 0.15) is 11.9 Å². The molecule has 0 aliphatic carbocycles. The van der Waals surface area contributed by atoms with Crippen molar-refractivity contribution >= 4 is 17.4 Å². The first-order valence-corrected chi connectivity index (χ1v) is 7.02. The van der Waals surface area contributed by atoms with E-state index in [2.05, 4.69) is 20.7 Å². The predicted octanol–water partition coefficient (Wildman–Crippen LogP) is 1.43. The molecule has 6 nitrogen and oxygen atoms in total. The number of nitrogens with zero attached hydrogens (tertiary/aromatic N) is 3. The summed E-state index contributed by atoms with van der Waals surface area (Å²) in [4.78, 5) is 16.6. The molecule has 1 aliphatic rings. The monoisotopic (exact) mass is 273 g/mol. The number of aryl methyl sites for hydroxylation is 1. The number of hydrogen-bond acceptors (Lipinski definition) is 4. The van der Waals surface area contributed by atoms with Gasteiger partial charge in [0.2, 0.25) is 5.91 Å². The summed E-state index contributed by atoms with van der Waals surface area (Å²) in [5.74, 6) is 0.927. The fourth-order valence-corrected chi connectivity index (χ4v) is 2.55. The van der Waals surface area contributed by atoms with Crippen molar-refractivity contribution in [3.63, 3.8) is 0 Å². The Morgan fingerprint density at radius 2 is 2.25 bits per heavy atom. The Morgan fingerprint density at radius 3 is 3.10 bits per heavy atom. The van der Waals surface area contributed by atoms with Crippen LogP contribution in [-0.4, -0.2) is 33.1 Å². The lowest BCUT2D eigenvalue weighted by Gasteiger charge is -2.19. The van der Waals surface area contributed by atoms with E-state index >= 15 is 0 Å². The highest BCUT2D eigenvalue weighted by atomic mass is 16.2. The van der Waals surface area contributed by atoms with E-state index in [0.29, 0.717) is 0 Å². The molecular formula is C14H19N5O. The van der Waals surface area contributed by atoms with Crippen LogP contribution in [-0.2, 0) is 4.79 Å². The second kappa shape index (κ2) is 5.11. The average molecular weight is 273 g/mol. The molecule has 0 spiro atoms. The van der Waals surface area contributed by atoms with Crippen LogP contribution in [0.2, 0.25) is 0 Å². The van der Waals surface area contributed by atoms with Gasteiger partial charge in [0.25, 0.3) is 0 Å². The van der Waals surface area contributed by atoms with Crippen LogP contribution < -0.4 is 10.6 Å². The lowest BCUT2D eigenvalue weighted by molar-refractivity contribution is -0.121. The highest BCUT2D eigenvalue weighted by Crippen LogP contribution is 2.21. The molecule has 106 valence electrons. The molecule has 2 N–H and O–H groups in total. The SMILES string of the molecule is Cc1nc2ccnn2c(NC2CCCCNC2=O)c1C. The van der Waals surface area contributed by atoms with Crippen molar-refractivity contribution in [1.82, 2.24) is 19.9 Å². The van der Waals surface area contributed by atoms with Crippen LogP contribution in [0.4, 0.5) is 5.82 Å². The zero-order valence-electron chi connectivity index (χ0n) is 11.8. The predicted molar refractivity (Wildman–Crippen MR) is 76.7 cm³/mol. The zero-order valence-corrected chi connectivity index (χ0v) is 11.8. The summed E-state index contributed by atoms with van der Waals surface area (Å²) in [7, 11) is 0. The molecule has 3 heterocycles. The van der Waals surface area contributed by atoms with E-state index in [1.807, 2.05) is 19.9 Å². The van der Waals surface area contributed by atoms with Crippen LogP contribution >= 0.6 is 0 Å². The van der Waals surface area contributed by atoms with Crippen molar-refractivity contribution in [2.24, 2.45) is 0 Å². The van der Waals surface area contributed by atoms with Gasteiger partial charge in [-0.25, -0.2) is 4.98 Å². The summed E-state index contributed by atoms with van der Waals surface area (Å²) in [5, 5.41) is 10.6. The van der Waals surface area contributed by atoms with E-state index in [4.69, 9.17) is 0 Å². The quantitative estimate of drug-likeness (QED) is 0.868. The average Bonchev–Trinajstić information content (AvgIpc) is 2.79. The first-order chi connectivity index (χ1) is 9.66. The Labute approximate surface area is 117 Å². The van der Waals surface area contributed by atoms with Gasteiger partial charge < -0.3 is 10.6 Å². The lowest BCUT2D eigenvalue weighted by atomic mass is 10.1. The Hall–Kier alpha value is -2.11. The van der Waals surface area contributed by atoms with Gasteiger partial charge in [-0.15, -0.1) is 0 Å². The third kappa shape index (κ3) is 2.21. The van der Waals surface area contributed by atoms with Gasteiger partial charge in [-0.05, 0) is 33.1 Å². The first kappa shape index (κ1) is 12.9. The molecule has 2 aromatic heterocycles. The van der Waals surface area contributed by atoms with Crippen LogP contribution in [0, 0.1) is 13.8 Å². The fraction of sp³-hybridized carbons (Fsp3) is 0.500. The smallest absolute Gasteiger partial charge is 0.242 e. The number of carbonyl (C=O) groups is 1.